The first-order chi connectivity index (χ1) is 17.5. The molecule has 1 heterocycles. The third kappa shape index (κ3) is 4.80. The molecule has 1 aromatic heterocycles. The van der Waals surface area contributed by atoms with Crippen molar-refractivity contribution in [2.75, 3.05) is 0 Å². The fraction of sp³-hybridized carbons (Fsp3) is 0.233. The van der Waals surface area contributed by atoms with Gasteiger partial charge in [-0.3, -0.25) is 4.79 Å². The Balaban J connectivity index is 1.26. The molecule has 1 amide bonds. The van der Waals surface area contributed by atoms with E-state index < -0.39 is 6.10 Å². The number of amides is 1. The Morgan fingerprint density at radius 1 is 1.00 bits per heavy atom. The van der Waals surface area contributed by atoms with E-state index in [2.05, 4.69) is 22.6 Å². The number of aromatic nitrogens is 1. The molecule has 36 heavy (non-hydrogen) atoms. The Bertz CT molecular complexity index is 1350. The molecule has 0 bridgehead atoms. The lowest BCUT2D eigenvalue weighted by Crippen LogP contribution is -2.36. The number of carbonyl (C=O) groups is 2. The molecule has 6 heteroatoms. The number of hydrogen-bond donors (Lipinski definition) is 1. The molecule has 0 spiro atoms. The van der Waals surface area contributed by atoms with Gasteiger partial charge in [0, 0.05) is 17.7 Å². The number of benzene rings is 3. The Morgan fingerprint density at radius 2 is 1.61 bits per heavy atom. The number of nitrogens with one attached hydrogen (secondary N) is 1. The standard InChI is InChI=1S/C30H28N2O4/c1-20-27(18-31-29(34)21(2)35-26-6-4-3-5-7-26)28(36-32-20)24-10-8-22(9-11-24)23-12-14-25(15-13-23)30(19-33)16-17-30/h3-15,19,21H,16-18H2,1-2H3,(H,31,34). The summed E-state index contributed by atoms with van der Waals surface area (Å²) in [5, 5.41) is 7.06. The molecule has 1 atom stereocenters. The fourth-order valence-electron chi connectivity index (χ4n) is 4.32. The minimum absolute atomic E-state index is 0.216. The van der Waals surface area contributed by atoms with Crippen LogP contribution in [0.15, 0.2) is 83.4 Å². The number of nitrogens with zero attached hydrogens (tertiary/aromatic N) is 1. The minimum Gasteiger partial charge on any atom is -0.481 e. The number of rotatable bonds is 9. The molecule has 1 saturated carbocycles. The molecule has 3 aromatic carbocycles. The van der Waals surface area contributed by atoms with E-state index in [4.69, 9.17) is 9.26 Å². The van der Waals surface area contributed by atoms with Crippen LogP contribution >= 0.6 is 0 Å². The number of aldehydes is 1. The van der Waals surface area contributed by atoms with Crippen LogP contribution in [0.4, 0.5) is 0 Å². The van der Waals surface area contributed by atoms with Crippen LogP contribution in [0, 0.1) is 6.92 Å². The number of hydrogen-bond acceptors (Lipinski definition) is 5. The Hall–Kier alpha value is -4.19. The number of para-hydroxylation sites is 1. The lowest BCUT2D eigenvalue weighted by atomic mass is 9.94. The molecule has 5 rings (SSSR count). The van der Waals surface area contributed by atoms with E-state index in [1.165, 1.54) is 0 Å². The maximum Gasteiger partial charge on any atom is 0.261 e. The van der Waals surface area contributed by atoms with Crippen molar-refractivity contribution >= 4 is 12.2 Å². The molecule has 1 N–H and O–H groups in total. The quantitative estimate of drug-likeness (QED) is 0.314. The summed E-state index contributed by atoms with van der Waals surface area (Å²) >= 11 is 0. The van der Waals surface area contributed by atoms with E-state index in [1.807, 2.05) is 73.7 Å². The third-order valence-electron chi connectivity index (χ3n) is 6.80. The average Bonchev–Trinajstić information content (AvgIpc) is 3.64. The van der Waals surface area contributed by atoms with Crippen LogP contribution in [0.25, 0.3) is 22.5 Å². The van der Waals surface area contributed by atoms with Crippen LogP contribution in [0.1, 0.15) is 36.6 Å². The Kier molecular flexibility index (Phi) is 6.42. The highest BCUT2D eigenvalue weighted by molar-refractivity contribution is 5.81. The molecule has 182 valence electrons. The molecule has 1 fully saturated rings. The Labute approximate surface area is 210 Å². The van der Waals surface area contributed by atoms with Gasteiger partial charge in [-0.1, -0.05) is 71.9 Å². The summed E-state index contributed by atoms with van der Waals surface area (Å²) in [6.07, 6.45) is 2.31. The largest absolute Gasteiger partial charge is 0.481 e. The molecule has 0 saturated heterocycles. The normalized spacial score (nSPS) is 14.6. The summed E-state index contributed by atoms with van der Waals surface area (Å²) in [7, 11) is 0. The second kappa shape index (κ2) is 9.82. The summed E-state index contributed by atoms with van der Waals surface area (Å²) in [5.74, 6) is 1.06. The SMILES string of the molecule is Cc1noc(-c2ccc(-c3ccc(C4(C=O)CC4)cc3)cc2)c1CNC(=O)C(C)Oc1ccccc1. The van der Waals surface area contributed by atoms with Gasteiger partial charge in [0.25, 0.3) is 5.91 Å². The van der Waals surface area contributed by atoms with Crippen molar-refractivity contribution in [1.29, 1.82) is 0 Å². The smallest absolute Gasteiger partial charge is 0.261 e. The van der Waals surface area contributed by atoms with Crippen LogP contribution < -0.4 is 10.1 Å². The lowest BCUT2D eigenvalue weighted by Gasteiger charge is -2.14. The highest BCUT2D eigenvalue weighted by atomic mass is 16.5. The van der Waals surface area contributed by atoms with E-state index >= 15 is 0 Å². The van der Waals surface area contributed by atoms with Gasteiger partial charge in [-0.15, -0.1) is 0 Å². The second-order valence-corrected chi connectivity index (χ2v) is 9.30. The first-order valence-corrected chi connectivity index (χ1v) is 12.1. The fourth-order valence-corrected chi connectivity index (χ4v) is 4.32. The van der Waals surface area contributed by atoms with Crippen molar-refractivity contribution < 1.29 is 18.8 Å². The summed E-state index contributed by atoms with van der Waals surface area (Å²) < 4.78 is 11.3. The van der Waals surface area contributed by atoms with Crippen LogP contribution in [0.2, 0.25) is 0 Å². The van der Waals surface area contributed by atoms with Crippen molar-refractivity contribution in [3.63, 3.8) is 0 Å². The van der Waals surface area contributed by atoms with Gasteiger partial charge in [0.05, 0.1) is 11.1 Å². The van der Waals surface area contributed by atoms with Gasteiger partial charge < -0.3 is 19.4 Å². The summed E-state index contributed by atoms with van der Waals surface area (Å²) in [4.78, 5) is 24.0. The monoisotopic (exact) mass is 480 g/mol. The van der Waals surface area contributed by atoms with Crippen molar-refractivity contribution in [1.82, 2.24) is 10.5 Å². The van der Waals surface area contributed by atoms with E-state index in [-0.39, 0.29) is 17.9 Å². The lowest BCUT2D eigenvalue weighted by molar-refractivity contribution is -0.127. The van der Waals surface area contributed by atoms with E-state index in [0.717, 1.165) is 52.6 Å². The van der Waals surface area contributed by atoms with Gasteiger partial charge in [0.2, 0.25) is 0 Å². The minimum atomic E-state index is -0.636. The molecule has 0 aliphatic heterocycles. The van der Waals surface area contributed by atoms with Crippen LogP contribution in [0.3, 0.4) is 0 Å². The highest BCUT2D eigenvalue weighted by Crippen LogP contribution is 2.46. The zero-order valence-corrected chi connectivity index (χ0v) is 20.4. The maximum atomic E-state index is 12.6. The van der Waals surface area contributed by atoms with Gasteiger partial charge in [-0.05, 0) is 55.5 Å². The van der Waals surface area contributed by atoms with E-state index in [1.54, 1.807) is 6.92 Å². The van der Waals surface area contributed by atoms with Crippen molar-refractivity contribution in [3.05, 3.63) is 95.7 Å². The van der Waals surface area contributed by atoms with Gasteiger partial charge in [0.1, 0.15) is 12.0 Å². The molecule has 1 unspecified atom stereocenters. The van der Waals surface area contributed by atoms with Crippen molar-refractivity contribution in [2.45, 2.75) is 44.8 Å². The van der Waals surface area contributed by atoms with Crippen LogP contribution in [0.5, 0.6) is 5.75 Å². The predicted octanol–water partition coefficient (Wildman–Crippen LogP) is 5.63. The molecule has 0 radical (unpaired) electrons. The molecule has 6 nitrogen and oxygen atoms in total. The van der Waals surface area contributed by atoms with Gasteiger partial charge >= 0.3 is 0 Å². The van der Waals surface area contributed by atoms with E-state index in [9.17, 15) is 9.59 Å². The third-order valence-corrected chi connectivity index (χ3v) is 6.80. The zero-order valence-electron chi connectivity index (χ0n) is 20.4. The molecule has 1 aliphatic rings. The second-order valence-electron chi connectivity index (χ2n) is 9.30. The van der Waals surface area contributed by atoms with Crippen molar-refractivity contribution in [2.24, 2.45) is 0 Å². The first kappa shape index (κ1) is 23.5. The Morgan fingerprint density at radius 3 is 2.22 bits per heavy atom. The highest BCUT2D eigenvalue weighted by Gasteiger charge is 2.44. The summed E-state index contributed by atoms with van der Waals surface area (Å²) in [6, 6.07) is 25.5. The molecular weight excluding hydrogens is 452 g/mol. The summed E-state index contributed by atoms with van der Waals surface area (Å²) in [6.45, 7) is 3.87. The predicted molar refractivity (Wildman–Crippen MR) is 137 cm³/mol. The topological polar surface area (TPSA) is 81.4 Å². The average molecular weight is 481 g/mol. The molecule has 4 aromatic rings. The van der Waals surface area contributed by atoms with Crippen LogP contribution in [-0.2, 0) is 21.5 Å². The van der Waals surface area contributed by atoms with Gasteiger partial charge in [-0.25, -0.2) is 0 Å². The maximum absolute atomic E-state index is 12.6. The van der Waals surface area contributed by atoms with Gasteiger partial charge in [-0.2, -0.15) is 0 Å². The van der Waals surface area contributed by atoms with E-state index in [0.29, 0.717) is 11.5 Å². The first-order valence-electron chi connectivity index (χ1n) is 12.1. The van der Waals surface area contributed by atoms with Gasteiger partial charge in [0.15, 0.2) is 11.9 Å². The van der Waals surface area contributed by atoms with Crippen LogP contribution in [-0.4, -0.2) is 23.5 Å². The van der Waals surface area contributed by atoms with Crippen molar-refractivity contribution in [3.8, 4) is 28.2 Å². The molecule has 1 aliphatic carbocycles. The number of carbonyl (C=O) groups excluding carboxylic acids is 2. The summed E-state index contributed by atoms with van der Waals surface area (Å²) in [5.41, 5.74) is 5.42. The molecular formula is C30H28N2O4. The number of ether oxygens (including phenoxy) is 1. The zero-order chi connectivity index (χ0) is 25.1. The number of aryl methyl sites for hydroxylation is 1.